The van der Waals surface area contributed by atoms with Crippen molar-refractivity contribution in [1.82, 2.24) is 4.57 Å². The quantitative estimate of drug-likeness (QED) is 0.381. The molecule has 5 aromatic rings. The van der Waals surface area contributed by atoms with Crippen molar-refractivity contribution in [2.45, 2.75) is 26.2 Å². The van der Waals surface area contributed by atoms with Crippen LogP contribution >= 0.6 is 0 Å². The summed E-state index contributed by atoms with van der Waals surface area (Å²) in [4.78, 5) is 0. The third-order valence-corrected chi connectivity index (χ3v) is 6.57. The van der Waals surface area contributed by atoms with Crippen LogP contribution in [0, 0.1) is 0 Å². The molecule has 1 nitrogen and oxygen atoms in total. The van der Waals surface area contributed by atoms with Gasteiger partial charge in [-0.2, -0.15) is 0 Å². The van der Waals surface area contributed by atoms with Crippen LogP contribution in [0.4, 0.5) is 0 Å². The van der Waals surface area contributed by atoms with E-state index in [1.54, 1.807) is 0 Å². The van der Waals surface area contributed by atoms with Crippen LogP contribution in [0.25, 0.3) is 38.6 Å². The van der Waals surface area contributed by atoms with Crippen molar-refractivity contribution in [3.63, 3.8) is 0 Å². The van der Waals surface area contributed by atoms with Crippen LogP contribution in [0.15, 0.2) is 66.7 Å². The summed E-state index contributed by atoms with van der Waals surface area (Å²) in [7, 11) is 31.6. The smallest absolute Gasteiger partial charge is 0.113 e. The monoisotopic (exact) mass is 425 g/mol. The van der Waals surface area contributed by atoms with E-state index in [1.807, 2.05) is 6.07 Å². The highest BCUT2D eigenvalue weighted by atomic mass is 15.0. The third-order valence-electron chi connectivity index (χ3n) is 6.57. The van der Waals surface area contributed by atoms with Crippen LogP contribution in [0.3, 0.4) is 0 Å². The molecule has 0 spiro atoms. The topological polar surface area (TPSA) is 4.93 Å². The normalized spacial score (nSPS) is 12.0. The van der Waals surface area contributed by atoms with Gasteiger partial charge in [-0.3, -0.25) is 0 Å². The van der Waals surface area contributed by atoms with Gasteiger partial charge in [0.2, 0.25) is 0 Å². The Hall–Kier alpha value is -3.00. The SMILES string of the molecule is [B]c1c([B])c([B])c(-c2ccc3c(c2C(C)(C)C)c2ccccc2n3-c2ccccc2)c([B])c1[B]. The molecule has 10 radical (unpaired) electrons. The molecule has 0 unspecified atom stereocenters. The van der Waals surface area contributed by atoms with Gasteiger partial charge in [0.25, 0.3) is 0 Å². The zero-order valence-electron chi connectivity index (χ0n) is 19.7. The molecule has 4 aromatic carbocycles. The lowest BCUT2D eigenvalue weighted by atomic mass is 9.59. The lowest BCUT2D eigenvalue weighted by Crippen LogP contribution is -2.55. The van der Waals surface area contributed by atoms with Crippen molar-refractivity contribution in [3.8, 4) is 16.8 Å². The Kier molecular flexibility index (Phi) is 5.39. The molecule has 0 N–H and O–H groups in total. The van der Waals surface area contributed by atoms with E-state index in [2.05, 4.69) is 86.0 Å². The highest BCUT2D eigenvalue weighted by molar-refractivity contribution is 6.68. The summed E-state index contributed by atoms with van der Waals surface area (Å²) in [6.07, 6.45) is 0. The maximum atomic E-state index is 6.50. The largest absolute Gasteiger partial charge is 0.309 e. The number of hydrogen-bond acceptors (Lipinski definition) is 0. The number of hydrogen-bond donors (Lipinski definition) is 0. The van der Waals surface area contributed by atoms with E-state index in [9.17, 15) is 0 Å². The molecule has 152 valence electrons. The van der Waals surface area contributed by atoms with Gasteiger partial charge in [-0.15, -0.1) is 16.4 Å². The number of fused-ring (bicyclic) bond motifs is 3. The molecule has 0 aliphatic heterocycles. The van der Waals surface area contributed by atoms with Gasteiger partial charge in [0.1, 0.15) is 39.2 Å². The summed E-state index contributed by atoms with van der Waals surface area (Å²) in [6.45, 7) is 6.57. The Labute approximate surface area is 208 Å². The molecular weight excluding hydrogens is 404 g/mol. The summed E-state index contributed by atoms with van der Waals surface area (Å²) >= 11 is 0. The molecule has 1 heterocycles. The molecule has 34 heavy (non-hydrogen) atoms. The van der Waals surface area contributed by atoms with Crippen LogP contribution in [0.5, 0.6) is 0 Å². The van der Waals surface area contributed by atoms with E-state index in [-0.39, 0.29) is 21.8 Å². The van der Waals surface area contributed by atoms with Crippen molar-refractivity contribution in [1.29, 1.82) is 0 Å². The fourth-order valence-electron chi connectivity index (χ4n) is 5.04. The Balaban J connectivity index is 2.01. The van der Waals surface area contributed by atoms with Gasteiger partial charge in [-0.25, -0.2) is 0 Å². The minimum absolute atomic E-state index is 0.220. The molecule has 0 aliphatic carbocycles. The van der Waals surface area contributed by atoms with Crippen LogP contribution in [0.2, 0.25) is 0 Å². The van der Waals surface area contributed by atoms with Crippen LogP contribution < -0.4 is 27.3 Å². The van der Waals surface area contributed by atoms with E-state index in [1.165, 1.54) is 0 Å². The molecule has 5 rings (SSSR count). The van der Waals surface area contributed by atoms with E-state index >= 15 is 0 Å². The lowest BCUT2D eigenvalue weighted by Gasteiger charge is -2.29. The van der Waals surface area contributed by atoms with Crippen molar-refractivity contribution < 1.29 is 0 Å². The minimum Gasteiger partial charge on any atom is -0.309 e. The fourth-order valence-corrected chi connectivity index (χ4v) is 5.04. The molecule has 0 saturated carbocycles. The van der Waals surface area contributed by atoms with E-state index in [0.29, 0.717) is 16.5 Å². The lowest BCUT2D eigenvalue weighted by molar-refractivity contribution is 0.598. The first-order valence-corrected chi connectivity index (χ1v) is 11.3. The molecule has 0 aliphatic rings. The number of nitrogens with zero attached hydrogens (tertiary/aromatic N) is 1. The molecule has 0 fully saturated rings. The molecular formula is C28H20B5N. The van der Waals surface area contributed by atoms with Crippen molar-refractivity contribution in [2.75, 3.05) is 0 Å². The van der Waals surface area contributed by atoms with Gasteiger partial charge in [-0.1, -0.05) is 74.2 Å². The first kappa shape index (κ1) is 22.8. The van der Waals surface area contributed by atoms with E-state index in [0.717, 1.165) is 38.6 Å². The number of rotatable bonds is 2. The predicted octanol–water partition coefficient (Wildman–Crippen LogP) is 1.72. The Morgan fingerprint density at radius 1 is 0.588 bits per heavy atom. The summed E-state index contributed by atoms with van der Waals surface area (Å²) in [6, 6.07) is 23.0. The average molecular weight is 425 g/mol. The molecule has 6 heteroatoms. The van der Waals surface area contributed by atoms with Crippen molar-refractivity contribution in [2.24, 2.45) is 0 Å². The number of para-hydroxylation sites is 2. The maximum absolute atomic E-state index is 6.50. The fraction of sp³-hybridized carbons (Fsp3) is 0.143. The molecule has 0 bridgehead atoms. The second kappa shape index (κ2) is 8.05. The van der Waals surface area contributed by atoms with E-state index in [4.69, 9.17) is 39.2 Å². The van der Waals surface area contributed by atoms with Gasteiger partial charge in [0.15, 0.2) is 0 Å². The Bertz CT molecular complexity index is 1550. The first-order valence-electron chi connectivity index (χ1n) is 11.3. The highest BCUT2D eigenvalue weighted by Crippen LogP contribution is 2.42. The van der Waals surface area contributed by atoms with Gasteiger partial charge >= 0.3 is 0 Å². The van der Waals surface area contributed by atoms with Crippen LogP contribution in [-0.2, 0) is 5.41 Å². The van der Waals surface area contributed by atoms with Crippen LogP contribution in [0.1, 0.15) is 26.3 Å². The molecule has 1 aromatic heterocycles. The van der Waals surface area contributed by atoms with Gasteiger partial charge in [-0.05, 0) is 46.4 Å². The highest BCUT2D eigenvalue weighted by Gasteiger charge is 2.27. The summed E-state index contributed by atoms with van der Waals surface area (Å²) in [5.41, 5.74) is 7.18. The maximum Gasteiger partial charge on any atom is 0.113 e. The summed E-state index contributed by atoms with van der Waals surface area (Å²) in [5.74, 6) is 0. The second-order valence-electron chi connectivity index (χ2n) is 9.76. The van der Waals surface area contributed by atoms with Gasteiger partial charge < -0.3 is 4.57 Å². The summed E-state index contributed by atoms with van der Waals surface area (Å²) in [5, 5.41) is 2.30. The summed E-state index contributed by atoms with van der Waals surface area (Å²) < 4.78 is 2.29. The van der Waals surface area contributed by atoms with E-state index < -0.39 is 0 Å². The zero-order chi connectivity index (χ0) is 24.4. The zero-order valence-corrected chi connectivity index (χ0v) is 19.7. The Morgan fingerprint density at radius 2 is 1.15 bits per heavy atom. The van der Waals surface area contributed by atoms with Crippen molar-refractivity contribution >= 4 is 88.4 Å². The van der Waals surface area contributed by atoms with Crippen LogP contribution in [-0.4, -0.2) is 43.8 Å². The molecule has 0 amide bonds. The van der Waals surface area contributed by atoms with Gasteiger partial charge in [0.05, 0.1) is 11.0 Å². The van der Waals surface area contributed by atoms with Gasteiger partial charge in [0, 0.05) is 16.5 Å². The molecule has 0 atom stereocenters. The second-order valence-corrected chi connectivity index (χ2v) is 9.76. The first-order chi connectivity index (χ1) is 16.1. The predicted molar refractivity (Wildman–Crippen MR) is 152 cm³/mol. The molecule has 0 saturated heterocycles. The number of aromatic nitrogens is 1. The minimum atomic E-state index is -0.246. The number of benzene rings is 4. The average Bonchev–Trinajstić information content (AvgIpc) is 3.15. The Morgan fingerprint density at radius 3 is 1.76 bits per heavy atom. The standard InChI is InChI=1S/C28H20B5N/c1-28(2,3)22-17(21-23(29)25(31)27(33)26(32)24(21)30)13-14-19-20(22)16-11-7-8-12-18(16)34(19)15-9-5-4-6-10-15/h4-14H,1-3H3. The third kappa shape index (κ3) is 3.30. The van der Waals surface area contributed by atoms with Crippen molar-refractivity contribution in [3.05, 3.63) is 72.3 Å².